The first-order valence-electron chi connectivity index (χ1n) is 8.91. The molecule has 1 amide bonds. The third-order valence-electron chi connectivity index (χ3n) is 4.63. The van der Waals surface area contributed by atoms with E-state index in [9.17, 15) is 4.79 Å². The van der Waals surface area contributed by atoms with Crippen LogP contribution in [0.25, 0.3) is 0 Å². The SMILES string of the molecule is CCCCc1noc(C(C)NC2CCN(C(=O)CC)CC2C)n1. The summed E-state index contributed by atoms with van der Waals surface area (Å²) in [5.74, 6) is 2.13. The monoisotopic (exact) mass is 322 g/mol. The van der Waals surface area contributed by atoms with Crippen molar-refractivity contribution in [2.45, 2.75) is 71.9 Å². The fraction of sp³-hybridized carbons (Fsp3) is 0.824. The van der Waals surface area contributed by atoms with E-state index in [2.05, 4.69) is 36.2 Å². The average molecular weight is 322 g/mol. The van der Waals surface area contributed by atoms with Crippen molar-refractivity contribution in [2.75, 3.05) is 13.1 Å². The first-order chi connectivity index (χ1) is 11.0. The predicted molar refractivity (Wildman–Crippen MR) is 88.9 cm³/mol. The van der Waals surface area contributed by atoms with Gasteiger partial charge in [-0.2, -0.15) is 4.98 Å². The summed E-state index contributed by atoms with van der Waals surface area (Å²) in [5.41, 5.74) is 0. The predicted octanol–water partition coefficient (Wildman–Crippen LogP) is 2.71. The van der Waals surface area contributed by atoms with Crippen molar-refractivity contribution in [1.82, 2.24) is 20.4 Å². The summed E-state index contributed by atoms with van der Waals surface area (Å²) in [4.78, 5) is 18.3. The normalized spacial score (nSPS) is 23.0. The Morgan fingerprint density at radius 1 is 1.48 bits per heavy atom. The van der Waals surface area contributed by atoms with Crippen LogP contribution in [0.2, 0.25) is 0 Å². The number of unbranched alkanes of at least 4 members (excludes halogenated alkanes) is 1. The molecule has 0 aliphatic carbocycles. The molecular formula is C17H30N4O2. The number of piperidine rings is 1. The van der Waals surface area contributed by atoms with Crippen LogP contribution in [0.3, 0.4) is 0 Å². The largest absolute Gasteiger partial charge is 0.342 e. The van der Waals surface area contributed by atoms with Gasteiger partial charge in [-0.1, -0.05) is 32.3 Å². The quantitative estimate of drug-likeness (QED) is 0.835. The molecule has 1 fully saturated rings. The third-order valence-corrected chi connectivity index (χ3v) is 4.63. The number of likely N-dealkylation sites (tertiary alicyclic amines) is 1. The van der Waals surface area contributed by atoms with E-state index in [4.69, 9.17) is 4.52 Å². The van der Waals surface area contributed by atoms with Crippen molar-refractivity contribution in [3.8, 4) is 0 Å². The second kappa shape index (κ2) is 8.43. The van der Waals surface area contributed by atoms with Gasteiger partial charge in [0.1, 0.15) is 0 Å². The van der Waals surface area contributed by atoms with Crippen molar-refractivity contribution in [3.63, 3.8) is 0 Å². The fourth-order valence-corrected chi connectivity index (χ4v) is 3.12. The molecule has 23 heavy (non-hydrogen) atoms. The molecule has 1 aromatic heterocycles. The fourth-order valence-electron chi connectivity index (χ4n) is 3.12. The van der Waals surface area contributed by atoms with Crippen LogP contribution in [0, 0.1) is 5.92 Å². The van der Waals surface area contributed by atoms with Gasteiger partial charge in [0, 0.05) is 32.0 Å². The molecule has 3 atom stereocenters. The molecule has 1 saturated heterocycles. The summed E-state index contributed by atoms with van der Waals surface area (Å²) in [6.07, 6.45) is 4.64. The van der Waals surface area contributed by atoms with Crippen molar-refractivity contribution in [1.29, 1.82) is 0 Å². The molecule has 0 aromatic carbocycles. The van der Waals surface area contributed by atoms with Gasteiger partial charge in [-0.3, -0.25) is 4.79 Å². The molecule has 1 aliphatic heterocycles. The third kappa shape index (κ3) is 4.77. The van der Waals surface area contributed by atoms with E-state index >= 15 is 0 Å². The highest BCUT2D eigenvalue weighted by atomic mass is 16.5. The van der Waals surface area contributed by atoms with Crippen LogP contribution in [0.15, 0.2) is 4.52 Å². The topological polar surface area (TPSA) is 71.3 Å². The molecule has 3 unspecified atom stereocenters. The van der Waals surface area contributed by atoms with Gasteiger partial charge in [-0.25, -0.2) is 0 Å². The van der Waals surface area contributed by atoms with Gasteiger partial charge < -0.3 is 14.7 Å². The highest BCUT2D eigenvalue weighted by Crippen LogP contribution is 2.21. The van der Waals surface area contributed by atoms with Crippen LogP contribution in [-0.2, 0) is 11.2 Å². The average Bonchev–Trinajstić information content (AvgIpc) is 3.03. The first kappa shape index (κ1) is 17.9. The molecule has 1 aliphatic rings. The van der Waals surface area contributed by atoms with E-state index in [0.717, 1.165) is 44.6 Å². The number of aromatic nitrogens is 2. The number of aryl methyl sites for hydroxylation is 1. The summed E-state index contributed by atoms with van der Waals surface area (Å²) in [5, 5.41) is 7.65. The molecule has 0 spiro atoms. The summed E-state index contributed by atoms with van der Waals surface area (Å²) in [6.45, 7) is 9.98. The van der Waals surface area contributed by atoms with Crippen LogP contribution in [0.4, 0.5) is 0 Å². The van der Waals surface area contributed by atoms with Gasteiger partial charge in [-0.05, 0) is 25.7 Å². The first-order valence-corrected chi connectivity index (χ1v) is 8.91. The second-order valence-electron chi connectivity index (χ2n) is 6.61. The molecule has 0 saturated carbocycles. The minimum absolute atomic E-state index is 0.0405. The van der Waals surface area contributed by atoms with Crippen LogP contribution >= 0.6 is 0 Å². The second-order valence-corrected chi connectivity index (χ2v) is 6.61. The van der Waals surface area contributed by atoms with Crippen LogP contribution in [0.1, 0.15) is 71.1 Å². The lowest BCUT2D eigenvalue weighted by Gasteiger charge is -2.38. The van der Waals surface area contributed by atoms with E-state index in [1.807, 2.05) is 11.8 Å². The van der Waals surface area contributed by atoms with E-state index in [-0.39, 0.29) is 11.9 Å². The van der Waals surface area contributed by atoms with Crippen LogP contribution in [0.5, 0.6) is 0 Å². The standard InChI is InChI=1S/C17H30N4O2/c1-5-7-8-15-19-17(23-20-15)13(4)18-14-9-10-21(11-12(14)3)16(22)6-2/h12-14,18H,5-11H2,1-4H3. The Labute approximate surface area is 139 Å². The molecule has 130 valence electrons. The Morgan fingerprint density at radius 2 is 2.26 bits per heavy atom. The smallest absolute Gasteiger partial charge is 0.243 e. The van der Waals surface area contributed by atoms with Gasteiger partial charge in [0.25, 0.3) is 0 Å². The van der Waals surface area contributed by atoms with E-state index in [1.54, 1.807) is 0 Å². The maximum atomic E-state index is 11.8. The number of nitrogens with zero attached hydrogens (tertiary/aromatic N) is 3. The van der Waals surface area contributed by atoms with Gasteiger partial charge in [0.05, 0.1) is 6.04 Å². The van der Waals surface area contributed by atoms with Gasteiger partial charge in [0.2, 0.25) is 11.8 Å². The van der Waals surface area contributed by atoms with Crippen molar-refractivity contribution in [2.24, 2.45) is 5.92 Å². The molecule has 2 rings (SSSR count). The lowest BCUT2D eigenvalue weighted by molar-refractivity contribution is -0.132. The zero-order valence-electron chi connectivity index (χ0n) is 14.8. The molecule has 0 bridgehead atoms. The number of amides is 1. The number of carbonyl (C=O) groups excluding carboxylic acids is 1. The van der Waals surface area contributed by atoms with E-state index in [0.29, 0.717) is 24.3 Å². The number of carbonyl (C=O) groups is 1. The summed E-state index contributed by atoms with van der Waals surface area (Å²) < 4.78 is 5.39. The highest BCUT2D eigenvalue weighted by molar-refractivity contribution is 5.75. The highest BCUT2D eigenvalue weighted by Gasteiger charge is 2.29. The van der Waals surface area contributed by atoms with Crippen molar-refractivity contribution < 1.29 is 9.32 Å². The number of hydrogen-bond donors (Lipinski definition) is 1. The Bertz CT molecular complexity index is 503. The maximum absolute atomic E-state index is 11.8. The maximum Gasteiger partial charge on any atom is 0.243 e. The Kier molecular flexibility index (Phi) is 6.57. The summed E-state index contributed by atoms with van der Waals surface area (Å²) >= 11 is 0. The number of nitrogens with one attached hydrogen (secondary N) is 1. The Hall–Kier alpha value is -1.43. The molecule has 6 nitrogen and oxygen atoms in total. The summed E-state index contributed by atoms with van der Waals surface area (Å²) in [6, 6.07) is 0.413. The van der Waals surface area contributed by atoms with Crippen molar-refractivity contribution in [3.05, 3.63) is 11.7 Å². The summed E-state index contributed by atoms with van der Waals surface area (Å²) in [7, 11) is 0. The minimum Gasteiger partial charge on any atom is -0.342 e. The van der Waals surface area contributed by atoms with E-state index < -0.39 is 0 Å². The van der Waals surface area contributed by atoms with Gasteiger partial charge >= 0.3 is 0 Å². The Balaban J connectivity index is 1.86. The molecule has 0 radical (unpaired) electrons. The molecule has 6 heteroatoms. The van der Waals surface area contributed by atoms with Gasteiger partial charge in [0.15, 0.2) is 5.82 Å². The molecule has 2 heterocycles. The van der Waals surface area contributed by atoms with Crippen LogP contribution in [-0.4, -0.2) is 40.1 Å². The number of hydrogen-bond acceptors (Lipinski definition) is 5. The lowest BCUT2D eigenvalue weighted by Crippen LogP contribution is -2.50. The van der Waals surface area contributed by atoms with Gasteiger partial charge in [-0.15, -0.1) is 0 Å². The Morgan fingerprint density at radius 3 is 2.91 bits per heavy atom. The van der Waals surface area contributed by atoms with Crippen molar-refractivity contribution >= 4 is 5.91 Å². The molecule has 1 N–H and O–H groups in total. The molecule has 1 aromatic rings. The number of rotatable bonds is 7. The van der Waals surface area contributed by atoms with E-state index in [1.165, 1.54) is 0 Å². The zero-order valence-corrected chi connectivity index (χ0v) is 14.8. The zero-order chi connectivity index (χ0) is 16.8. The van der Waals surface area contributed by atoms with Crippen LogP contribution < -0.4 is 5.32 Å². The minimum atomic E-state index is 0.0405. The lowest BCUT2D eigenvalue weighted by atomic mass is 9.93. The molecular weight excluding hydrogens is 292 g/mol.